The molecule has 4 rings (SSSR count). The molecule has 3 aromatic rings. The minimum atomic E-state index is -3.96. The molecule has 0 bridgehead atoms. The van der Waals surface area contributed by atoms with Crippen LogP contribution in [-0.2, 0) is 27.8 Å². The molecule has 37 heavy (non-hydrogen) atoms. The molecule has 0 radical (unpaired) electrons. The molecule has 1 aliphatic heterocycles. The van der Waals surface area contributed by atoms with Crippen LogP contribution in [0.25, 0.3) is 10.9 Å². The topological polar surface area (TPSA) is 110 Å². The number of fused-ring (bicyclic) bond motifs is 2. The first-order valence-corrected chi connectivity index (χ1v) is 14.4. The van der Waals surface area contributed by atoms with Gasteiger partial charge in [0.25, 0.3) is 5.56 Å². The second-order valence-corrected chi connectivity index (χ2v) is 12.4. The van der Waals surface area contributed by atoms with Crippen molar-refractivity contribution in [2.75, 3.05) is 11.9 Å². The number of aromatic nitrogens is 2. The lowest BCUT2D eigenvalue weighted by molar-refractivity contribution is -0.115. The van der Waals surface area contributed by atoms with Crippen LogP contribution in [-0.4, -0.2) is 30.4 Å². The van der Waals surface area contributed by atoms with E-state index in [9.17, 15) is 18.0 Å². The van der Waals surface area contributed by atoms with Gasteiger partial charge in [0.1, 0.15) is 5.82 Å². The molecule has 0 aliphatic carbocycles. The molecule has 0 atom stereocenters. The third kappa shape index (κ3) is 5.48. The highest BCUT2D eigenvalue weighted by Gasteiger charge is 2.27. The van der Waals surface area contributed by atoms with Crippen molar-refractivity contribution in [1.29, 1.82) is 0 Å². The van der Waals surface area contributed by atoms with E-state index < -0.39 is 22.5 Å². The summed E-state index contributed by atoms with van der Waals surface area (Å²) < 4.78 is 31.2. The van der Waals surface area contributed by atoms with Crippen molar-refractivity contribution in [3.63, 3.8) is 0 Å². The van der Waals surface area contributed by atoms with E-state index in [2.05, 4.69) is 28.9 Å². The highest BCUT2D eigenvalue weighted by molar-refractivity contribution is 7.89. The first-order chi connectivity index (χ1) is 17.4. The SMILES string of the molecule is CC(C)c1cc(C(C)C)c(S(=O)(=O)NCC(=O)Nc2ccc3c(=O)n4c(nc3c2)CCC4)c(C(C)C)c1. The third-order valence-corrected chi connectivity index (χ3v) is 8.40. The fourth-order valence-electron chi connectivity index (χ4n) is 4.80. The summed E-state index contributed by atoms with van der Waals surface area (Å²) in [6, 6.07) is 8.88. The van der Waals surface area contributed by atoms with Gasteiger partial charge in [0, 0.05) is 18.7 Å². The molecular weight excluding hydrogens is 488 g/mol. The second-order valence-electron chi connectivity index (χ2n) is 10.7. The van der Waals surface area contributed by atoms with Crippen LogP contribution < -0.4 is 15.6 Å². The number of nitrogens with one attached hydrogen (secondary N) is 2. The zero-order chi connectivity index (χ0) is 27.1. The number of carbonyl (C=O) groups excluding carboxylic acids is 1. The molecule has 8 nitrogen and oxygen atoms in total. The molecule has 1 amide bonds. The summed E-state index contributed by atoms with van der Waals surface area (Å²) in [6.45, 7) is 12.3. The molecule has 0 unspecified atom stereocenters. The number of benzene rings is 2. The molecule has 0 spiro atoms. The lowest BCUT2D eigenvalue weighted by atomic mass is 9.89. The van der Waals surface area contributed by atoms with Crippen molar-refractivity contribution in [3.8, 4) is 0 Å². The minimum Gasteiger partial charge on any atom is -0.325 e. The quantitative estimate of drug-likeness (QED) is 0.446. The molecular formula is C28H36N4O4S. The Morgan fingerprint density at radius 1 is 1.00 bits per heavy atom. The van der Waals surface area contributed by atoms with Crippen molar-refractivity contribution in [1.82, 2.24) is 14.3 Å². The van der Waals surface area contributed by atoms with Gasteiger partial charge in [-0.25, -0.2) is 18.1 Å². The van der Waals surface area contributed by atoms with Crippen molar-refractivity contribution in [2.24, 2.45) is 0 Å². The van der Waals surface area contributed by atoms with E-state index in [1.54, 1.807) is 22.8 Å². The van der Waals surface area contributed by atoms with Gasteiger partial charge in [-0.1, -0.05) is 53.7 Å². The van der Waals surface area contributed by atoms with Gasteiger partial charge in [0.05, 0.1) is 22.3 Å². The summed E-state index contributed by atoms with van der Waals surface area (Å²) in [5, 5.41) is 3.23. The Balaban J connectivity index is 1.56. The molecule has 0 saturated carbocycles. The minimum absolute atomic E-state index is 0.00720. The van der Waals surface area contributed by atoms with Gasteiger partial charge in [-0.2, -0.15) is 0 Å². The van der Waals surface area contributed by atoms with E-state index in [0.29, 0.717) is 23.1 Å². The maximum atomic E-state index is 13.5. The monoisotopic (exact) mass is 524 g/mol. The zero-order valence-electron chi connectivity index (χ0n) is 22.4. The maximum absolute atomic E-state index is 13.5. The van der Waals surface area contributed by atoms with Gasteiger partial charge < -0.3 is 5.32 Å². The average Bonchev–Trinajstić information content (AvgIpc) is 3.30. The summed E-state index contributed by atoms with van der Waals surface area (Å²) in [6.07, 6.45) is 1.64. The third-order valence-electron chi connectivity index (χ3n) is 6.87. The van der Waals surface area contributed by atoms with E-state index in [0.717, 1.165) is 35.4 Å². The van der Waals surface area contributed by atoms with E-state index in [1.165, 1.54) is 0 Å². The van der Waals surface area contributed by atoms with E-state index in [4.69, 9.17) is 0 Å². The normalized spacial score (nSPS) is 13.6. The van der Waals surface area contributed by atoms with Crippen molar-refractivity contribution >= 4 is 32.5 Å². The summed E-state index contributed by atoms with van der Waals surface area (Å²) in [4.78, 5) is 30.3. The second kappa shape index (κ2) is 10.4. The molecule has 0 fully saturated rings. The predicted molar refractivity (Wildman–Crippen MR) is 147 cm³/mol. The summed E-state index contributed by atoms with van der Waals surface area (Å²) in [5.41, 5.74) is 3.50. The van der Waals surface area contributed by atoms with E-state index in [-0.39, 0.29) is 28.2 Å². The molecule has 1 aromatic heterocycles. The number of aryl methyl sites for hydroxylation is 1. The molecule has 2 heterocycles. The summed E-state index contributed by atoms with van der Waals surface area (Å²) in [7, 11) is -3.96. The predicted octanol–water partition coefficient (Wildman–Crippen LogP) is 4.63. The first-order valence-electron chi connectivity index (χ1n) is 12.9. The van der Waals surface area contributed by atoms with Gasteiger partial charge >= 0.3 is 0 Å². The van der Waals surface area contributed by atoms with Gasteiger partial charge in [0.15, 0.2) is 0 Å². The van der Waals surface area contributed by atoms with Gasteiger partial charge in [0.2, 0.25) is 15.9 Å². The van der Waals surface area contributed by atoms with Crippen LogP contribution in [0.1, 0.15) is 88.2 Å². The zero-order valence-corrected chi connectivity index (χ0v) is 23.2. The number of amides is 1. The molecule has 1 aliphatic rings. The van der Waals surface area contributed by atoms with Crippen LogP contribution in [0.4, 0.5) is 5.69 Å². The number of nitrogens with zero attached hydrogens (tertiary/aromatic N) is 2. The molecule has 9 heteroatoms. The van der Waals surface area contributed by atoms with Crippen molar-refractivity contribution < 1.29 is 13.2 Å². The summed E-state index contributed by atoms with van der Waals surface area (Å²) in [5.74, 6) is 0.495. The lowest BCUT2D eigenvalue weighted by Crippen LogP contribution is -2.34. The van der Waals surface area contributed by atoms with Crippen LogP contribution in [0.5, 0.6) is 0 Å². The van der Waals surface area contributed by atoms with Crippen LogP contribution in [0.2, 0.25) is 0 Å². The van der Waals surface area contributed by atoms with Gasteiger partial charge in [-0.05, 0) is 59.1 Å². The average molecular weight is 525 g/mol. The number of hydrogen-bond donors (Lipinski definition) is 2. The first kappa shape index (κ1) is 27.0. The lowest BCUT2D eigenvalue weighted by Gasteiger charge is -2.23. The molecule has 198 valence electrons. The Morgan fingerprint density at radius 2 is 1.65 bits per heavy atom. The maximum Gasteiger partial charge on any atom is 0.261 e. The van der Waals surface area contributed by atoms with Gasteiger partial charge in [-0.15, -0.1) is 0 Å². The highest BCUT2D eigenvalue weighted by Crippen LogP contribution is 2.35. The molecule has 2 aromatic carbocycles. The Kier molecular flexibility index (Phi) is 7.57. The van der Waals surface area contributed by atoms with Crippen LogP contribution >= 0.6 is 0 Å². The van der Waals surface area contributed by atoms with E-state index in [1.807, 2.05) is 39.8 Å². The standard InChI is InChI=1S/C28H36N4O4S/c1-16(2)19-12-22(17(3)4)27(23(13-19)18(5)6)37(35,36)29-15-26(33)30-20-9-10-21-24(14-20)31-25-8-7-11-32(25)28(21)34/h9-10,12-14,16-18,29H,7-8,11,15H2,1-6H3,(H,30,33). The highest BCUT2D eigenvalue weighted by atomic mass is 32.2. The Morgan fingerprint density at radius 3 is 2.24 bits per heavy atom. The number of rotatable bonds is 8. The fourth-order valence-corrected chi connectivity index (χ4v) is 6.47. The van der Waals surface area contributed by atoms with Crippen LogP contribution in [0.15, 0.2) is 40.0 Å². The number of carbonyl (C=O) groups is 1. The fraction of sp³-hybridized carbons (Fsp3) is 0.464. The van der Waals surface area contributed by atoms with Crippen molar-refractivity contribution in [3.05, 3.63) is 63.2 Å². The Bertz CT molecular complexity index is 1490. The van der Waals surface area contributed by atoms with Crippen LogP contribution in [0, 0.1) is 0 Å². The Hall–Kier alpha value is -3.04. The van der Waals surface area contributed by atoms with Crippen molar-refractivity contribution in [2.45, 2.75) is 83.6 Å². The summed E-state index contributed by atoms with van der Waals surface area (Å²) >= 11 is 0. The molecule has 2 N–H and O–H groups in total. The molecule has 0 saturated heterocycles. The number of hydrogen-bond acceptors (Lipinski definition) is 5. The largest absolute Gasteiger partial charge is 0.325 e. The number of sulfonamides is 1. The van der Waals surface area contributed by atoms with Crippen LogP contribution in [0.3, 0.4) is 0 Å². The Labute approximate surface area is 218 Å². The van der Waals surface area contributed by atoms with Gasteiger partial charge in [-0.3, -0.25) is 14.2 Å². The number of anilines is 1. The smallest absolute Gasteiger partial charge is 0.261 e. The van der Waals surface area contributed by atoms with E-state index >= 15 is 0 Å².